The molecule has 0 radical (unpaired) electrons. The van der Waals surface area contributed by atoms with Crippen LogP contribution in [0.2, 0.25) is 0 Å². The Morgan fingerprint density at radius 3 is 2.54 bits per heavy atom. The summed E-state index contributed by atoms with van der Waals surface area (Å²) in [6.07, 6.45) is 0. The summed E-state index contributed by atoms with van der Waals surface area (Å²) in [5.41, 5.74) is 6.14. The number of ether oxygens (including phenoxy) is 1. The Labute approximate surface area is 80.7 Å². The number of hydrogen-bond donors (Lipinski definition) is 2. The zero-order valence-corrected chi connectivity index (χ0v) is 8.62. The first-order chi connectivity index (χ1) is 6.11. The molecule has 0 aliphatic heterocycles. The van der Waals surface area contributed by atoms with Crippen LogP contribution in [-0.2, 0) is 0 Å². The molecule has 0 saturated carbocycles. The van der Waals surface area contributed by atoms with Crippen LogP contribution in [0.4, 0.5) is 10.7 Å². The van der Waals surface area contributed by atoms with E-state index in [-0.39, 0.29) is 5.78 Å². The van der Waals surface area contributed by atoms with Crippen molar-refractivity contribution in [2.24, 2.45) is 0 Å². The highest BCUT2D eigenvalue weighted by molar-refractivity contribution is 7.19. The molecule has 3 N–H and O–H groups in total. The molecular weight excluding hydrogens is 188 g/mol. The second-order valence-corrected chi connectivity index (χ2v) is 3.53. The Morgan fingerprint density at radius 2 is 2.23 bits per heavy atom. The first-order valence-electron chi connectivity index (χ1n) is 3.76. The first kappa shape index (κ1) is 9.85. The number of nitrogens with two attached hydrogens (primary N) is 1. The van der Waals surface area contributed by atoms with Gasteiger partial charge in [-0.25, -0.2) is 0 Å². The quantitative estimate of drug-likeness (QED) is 0.727. The monoisotopic (exact) mass is 200 g/mol. The molecule has 0 bridgehead atoms. The topological polar surface area (TPSA) is 64.4 Å². The van der Waals surface area contributed by atoms with E-state index in [1.807, 2.05) is 0 Å². The molecule has 13 heavy (non-hydrogen) atoms. The van der Waals surface area contributed by atoms with Gasteiger partial charge in [0, 0.05) is 14.0 Å². The van der Waals surface area contributed by atoms with Gasteiger partial charge in [0.25, 0.3) is 0 Å². The SMILES string of the molecule is CNc1sc(C(C)=O)c(N)c1OC. The van der Waals surface area contributed by atoms with E-state index in [9.17, 15) is 4.79 Å². The predicted molar refractivity (Wildman–Crippen MR) is 54.8 cm³/mol. The normalized spacial score (nSPS) is 9.77. The van der Waals surface area contributed by atoms with Crippen LogP contribution >= 0.6 is 11.3 Å². The fourth-order valence-electron chi connectivity index (χ4n) is 1.06. The number of carbonyl (C=O) groups excluding carboxylic acids is 1. The van der Waals surface area contributed by atoms with Gasteiger partial charge in [0.15, 0.2) is 11.5 Å². The molecule has 0 fully saturated rings. The Morgan fingerprint density at radius 1 is 1.62 bits per heavy atom. The van der Waals surface area contributed by atoms with E-state index in [2.05, 4.69) is 5.32 Å². The van der Waals surface area contributed by atoms with Crippen LogP contribution in [0.1, 0.15) is 16.6 Å². The predicted octanol–water partition coefficient (Wildman–Crippen LogP) is 1.58. The largest absolute Gasteiger partial charge is 0.492 e. The van der Waals surface area contributed by atoms with Crippen LogP contribution in [-0.4, -0.2) is 19.9 Å². The van der Waals surface area contributed by atoms with E-state index in [4.69, 9.17) is 10.5 Å². The lowest BCUT2D eigenvalue weighted by molar-refractivity contribution is 0.102. The zero-order valence-electron chi connectivity index (χ0n) is 7.80. The third kappa shape index (κ3) is 1.60. The first-order valence-corrected chi connectivity index (χ1v) is 4.58. The number of nitrogens with one attached hydrogen (secondary N) is 1. The molecule has 5 heteroatoms. The highest BCUT2D eigenvalue weighted by Crippen LogP contribution is 2.42. The fourth-order valence-corrected chi connectivity index (χ4v) is 2.00. The van der Waals surface area contributed by atoms with Gasteiger partial charge in [0.2, 0.25) is 0 Å². The van der Waals surface area contributed by atoms with Crippen molar-refractivity contribution in [3.8, 4) is 5.75 Å². The molecule has 1 heterocycles. The molecule has 0 aromatic carbocycles. The van der Waals surface area contributed by atoms with Gasteiger partial charge in [0.1, 0.15) is 5.00 Å². The number of rotatable bonds is 3. The summed E-state index contributed by atoms with van der Waals surface area (Å²) < 4.78 is 5.07. The molecule has 1 aromatic heterocycles. The molecular formula is C8H12N2O2S. The smallest absolute Gasteiger partial charge is 0.176 e. The van der Waals surface area contributed by atoms with Gasteiger partial charge >= 0.3 is 0 Å². The van der Waals surface area contributed by atoms with Gasteiger partial charge in [-0.3, -0.25) is 4.79 Å². The second-order valence-electron chi connectivity index (χ2n) is 2.51. The Kier molecular flexibility index (Phi) is 2.77. The van der Waals surface area contributed by atoms with Crippen LogP contribution in [0.5, 0.6) is 5.75 Å². The van der Waals surface area contributed by atoms with Crippen LogP contribution < -0.4 is 15.8 Å². The van der Waals surface area contributed by atoms with Gasteiger partial charge in [0.05, 0.1) is 17.7 Å². The number of methoxy groups -OCH3 is 1. The average molecular weight is 200 g/mol. The fraction of sp³-hybridized carbons (Fsp3) is 0.375. The van der Waals surface area contributed by atoms with Crippen molar-refractivity contribution in [1.29, 1.82) is 0 Å². The molecule has 0 aliphatic rings. The maximum atomic E-state index is 11.1. The highest BCUT2D eigenvalue weighted by atomic mass is 32.1. The number of ketones is 1. The van der Waals surface area contributed by atoms with Gasteiger partial charge in [-0.15, -0.1) is 11.3 Å². The lowest BCUT2D eigenvalue weighted by Crippen LogP contribution is -1.96. The minimum atomic E-state index is -0.0395. The summed E-state index contributed by atoms with van der Waals surface area (Å²) >= 11 is 1.31. The maximum Gasteiger partial charge on any atom is 0.176 e. The molecule has 0 atom stereocenters. The summed E-state index contributed by atoms with van der Waals surface area (Å²) in [7, 11) is 3.29. The molecule has 1 rings (SSSR count). The molecule has 4 nitrogen and oxygen atoms in total. The maximum absolute atomic E-state index is 11.1. The van der Waals surface area contributed by atoms with Crippen molar-refractivity contribution in [2.75, 3.05) is 25.2 Å². The van der Waals surface area contributed by atoms with Crippen LogP contribution in [0, 0.1) is 0 Å². The number of carbonyl (C=O) groups is 1. The van der Waals surface area contributed by atoms with Crippen molar-refractivity contribution in [3.05, 3.63) is 4.88 Å². The molecule has 0 saturated heterocycles. The van der Waals surface area contributed by atoms with E-state index in [0.717, 1.165) is 5.00 Å². The van der Waals surface area contributed by atoms with E-state index in [1.165, 1.54) is 25.4 Å². The third-order valence-corrected chi connectivity index (χ3v) is 2.96. The summed E-state index contributed by atoms with van der Waals surface area (Å²) in [5.74, 6) is 0.514. The van der Waals surface area contributed by atoms with Gasteiger partial charge in [-0.1, -0.05) is 0 Å². The average Bonchev–Trinajstić information content (AvgIpc) is 2.41. The lowest BCUT2D eigenvalue weighted by atomic mass is 10.3. The summed E-state index contributed by atoms with van der Waals surface area (Å²) in [6.45, 7) is 1.49. The highest BCUT2D eigenvalue weighted by Gasteiger charge is 2.18. The summed E-state index contributed by atoms with van der Waals surface area (Å²) in [4.78, 5) is 11.7. The molecule has 0 spiro atoms. The molecule has 72 valence electrons. The minimum Gasteiger partial charge on any atom is -0.492 e. The van der Waals surface area contributed by atoms with Crippen molar-refractivity contribution in [2.45, 2.75) is 6.92 Å². The Hall–Kier alpha value is -1.23. The number of Topliss-reactive ketones (excluding diaryl/α,β-unsaturated/α-hetero) is 1. The second kappa shape index (κ2) is 3.66. The van der Waals surface area contributed by atoms with Crippen molar-refractivity contribution in [1.82, 2.24) is 0 Å². The van der Waals surface area contributed by atoms with E-state index in [0.29, 0.717) is 16.3 Å². The van der Waals surface area contributed by atoms with Gasteiger partial charge < -0.3 is 15.8 Å². The molecule has 0 amide bonds. The minimum absolute atomic E-state index is 0.0395. The summed E-state index contributed by atoms with van der Waals surface area (Å²) in [5, 5.41) is 3.71. The van der Waals surface area contributed by atoms with E-state index in [1.54, 1.807) is 7.05 Å². The molecule has 1 aromatic rings. The Bertz CT molecular complexity index is 333. The number of thiophene rings is 1. The number of hydrogen-bond acceptors (Lipinski definition) is 5. The lowest BCUT2D eigenvalue weighted by Gasteiger charge is -2.01. The van der Waals surface area contributed by atoms with Crippen LogP contribution in [0.3, 0.4) is 0 Å². The van der Waals surface area contributed by atoms with E-state index < -0.39 is 0 Å². The zero-order chi connectivity index (χ0) is 10.0. The van der Waals surface area contributed by atoms with Crippen molar-refractivity contribution in [3.63, 3.8) is 0 Å². The summed E-state index contributed by atoms with van der Waals surface area (Å²) in [6, 6.07) is 0. The van der Waals surface area contributed by atoms with Crippen molar-refractivity contribution >= 4 is 27.8 Å². The van der Waals surface area contributed by atoms with Gasteiger partial charge in [-0.2, -0.15) is 0 Å². The standard InChI is InChI=1S/C8H12N2O2S/c1-4(11)7-5(9)6(12-3)8(10-2)13-7/h10H,9H2,1-3H3. The number of nitrogen functional groups attached to an aromatic ring is 1. The van der Waals surface area contributed by atoms with Gasteiger partial charge in [-0.05, 0) is 0 Å². The Balaban J connectivity index is 3.26. The van der Waals surface area contributed by atoms with Crippen molar-refractivity contribution < 1.29 is 9.53 Å². The molecule has 0 unspecified atom stereocenters. The number of anilines is 2. The van der Waals surface area contributed by atoms with E-state index >= 15 is 0 Å². The third-order valence-electron chi connectivity index (χ3n) is 1.65. The van der Waals surface area contributed by atoms with Crippen LogP contribution in [0.15, 0.2) is 0 Å². The van der Waals surface area contributed by atoms with Crippen LogP contribution in [0.25, 0.3) is 0 Å². The molecule has 0 aliphatic carbocycles.